The highest BCUT2D eigenvalue weighted by molar-refractivity contribution is 5.89. The van der Waals surface area contributed by atoms with Crippen molar-refractivity contribution < 1.29 is 4.79 Å². The van der Waals surface area contributed by atoms with Crippen molar-refractivity contribution in [2.45, 2.75) is 26.3 Å². The minimum absolute atomic E-state index is 0.138. The van der Waals surface area contributed by atoms with Gasteiger partial charge in [0.25, 0.3) is 0 Å². The number of imidazole rings is 1. The van der Waals surface area contributed by atoms with E-state index in [1.54, 1.807) is 0 Å². The summed E-state index contributed by atoms with van der Waals surface area (Å²) in [5, 5.41) is 5.94. The number of carbonyl (C=O) groups excluding carboxylic acids is 1. The lowest BCUT2D eigenvalue weighted by Crippen LogP contribution is -2.41. The first kappa shape index (κ1) is 19.5. The average Bonchev–Trinajstić information content (AvgIpc) is 3.04. The summed E-state index contributed by atoms with van der Waals surface area (Å²) in [5.74, 6) is 1.55. The molecule has 29 heavy (non-hydrogen) atoms. The quantitative estimate of drug-likeness (QED) is 0.693. The van der Waals surface area contributed by atoms with E-state index in [9.17, 15) is 4.79 Å². The van der Waals surface area contributed by atoms with Gasteiger partial charge in [0, 0.05) is 25.8 Å². The molecular weight excluding hydrogens is 362 g/mol. The van der Waals surface area contributed by atoms with Gasteiger partial charge in [0.15, 0.2) is 0 Å². The lowest BCUT2D eigenvalue weighted by atomic mass is 9.98. The summed E-state index contributed by atoms with van der Waals surface area (Å²) in [6, 6.07) is 16.0. The number of para-hydroxylation sites is 2. The van der Waals surface area contributed by atoms with Gasteiger partial charge < -0.3 is 15.2 Å². The Kier molecular flexibility index (Phi) is 5.81. The number of carbonyl (C=O) groups is 1. The van der Waals surface area contributed by atoms with Gasteiger partial charge in [-0.1, -0.05) is 29.8 Å². The molecule has 1 aliphatic heterocycles. The number of benzene rings is 2. The Balaban J connectivity index is 1.29. The third-order valence-electron chi connectivity index (χ3n) is 5.71. The number of aryl methyl sites for hydroxylation is 2. The monoisotopic (exact) mass is 391 g/mol. The lowest BCUT2D eigenvalue weighted by Gasteiger charge is -2.32. The van der Waals surface area contributed by atoms with Crippen LogP contribution < -0.4 is 10.6 Å². The zero-order valence-electron chi connectivity index (χ0n) is 17.2. The Morgan fingerprint density at radius 3 is 2.76 bits per heavy atom. The van der Waals surface area contributed by atoms with Crippen molar-refractivity contribution in [3.05, 3.63) is 59.9 Å². The second-order valence-corrected chi connectivity index (χ2v) is 8.02. The summed E-state index contributed by atoms with van der Waals surface area (Å²) < 4.78 is 2.19. The van der Waals surface area contributed by atoms with Gasteiger partial charge in [0.2, 0.25) is 0 Å². The molecule has 1 unspecified atom stereocenters. The molecule has 4 rings (SSSR count). The molecule has 1 fully saturated rings. The van der Waals surface area contributed by atoms with Gasteiger partial charge in [-0.15, -0.1) is 0 Å². The molecule has 6 heteroatoms. The van der Waals surface area contributed by atoms with E-state index in [1.807, 2.05) is 37.3 Å². The van der Waals surface area contributed by atoms with E-state index in [2.05, 4.69) is 45.3 Å². The van der Waals surface area contributed by atoms with Crippen LogP contribution in [0.5, 0.6) is 0 Å². The van der Waals surface area contributed by atoms with E-state index < -0.39 is 0 Å². The summed E-state index contributed by atoms with van der Waals surface area (Å²) in [5.41, 5.74) is 4.22. The number of piperidine rings is 1. The van der Waals surface area contributed by atoms with Crippen LogP contribution in [-0.4, -0.2) is 40.1 Å². The number of urea groups is 1. The zero-order valence-corrected chi connectivity index (χ0v) is 17.2. The fourth-order valence-electron chi connectivity index (χ4n) is 4.05. The van der Waals surface area contributed by atoms with Gasteiger partial charge in [-0.2, -0.15) is 0 Å². The summed E-state index contributed by atoms with van der Waals surface area (Å²) in [4.78, 5) is 19.5. The highest BCUT2D eigenvalue weighted by atomic mass is 16.2. The van der Waals surface area contributed by atoms with Crippen LogP contribution in [0.2, 0.25) is 0 Å². The normalized spacial score (nSPS) is 17.4. The fourth-order valence-corrected chi connectivity index (χ4v) is 4.05. The lowest BCUT2D eigenvalue weighted by molar-refractivity contribution is 0.161. The number of amides is 2. The molecule has 6 nitrogen and oxygen atoms in total. The summed E-state index contributed by atoms with van der Waals surface area (Å²) >= 11 is 0. The van der Waals surface area contributed by atoms with Crippen molar-refractivity contribution >= 4 is 22.8 Å². The number of anilines is 1. The summed E-state index contributed by atoms with van der Waals surface area (Å²) in [6.45, 7) is 5.63. The van der Waals surface area contributed by atoms with Gasteiger partial charge in [-0.25, -0.2) is 9.78 Å². The van der Waals surface area contributed by atoms with Crippen LogP contribution in [0.15, 0.2) is 48.5 Å². The molecular formula is C23H29N5O. The Labute approximate surface area is 171 Å². The van der Waals surface area contributed by atoms with Gasteiger partial charge in [0.05, 0.1) is 17.6 Å². The van der Waals surface area contributed by atoms with Gasteiger partial charge in [0.1, 0.15) is 5.82 Å². The molecule has 0 spiro atoms. The van der Waals surface area contributed by atoms with Crippen molar-refractivity contribution in [2.24, 2.45) is 13.0 Å². The molecule has 0 aliphatic carbocycles. The molecule has 0 saturated carbocycles. The molecule has 2 N–H and O–H groups in total. The van der Waals surface area contributed by atoms with Crippen LogP contribution in [-0.2, 0) is 13.6 Å². The minimum Gasteiger partial charge on any atom is -0.338 e. The van der Waals surface area contributed by atoms with Crippen LogP contribution in [0.3, 0.4) is 0 Å². The van der Waals surface area contributed by atoms with Gasteiger partial charge in [-0.05, 0) is 56.5 Å². The Hall–Kier alpha value is -2.86. The number of aromatic nitrogens is 2. The first-order valence-electron chi connectivity index (χ1n) is 10.3. The molecule has 1 saturated heterocycles. The second kappa shape index (κ2) is 8.66. The molecule has 3 aromatic rings. The second-order valence-electron chi connectivity index (χ2n) is 8.02. The summed E-state index contributed by atoms with van der Waals surface area (Å²) in [7, 11) is 2.09. The maximum atomic E-state index is 12.2. The molecule has 1 aliphatic rings. The highest BCUT2D eigenvalue weighted by Gasteiger charge is 2.22. The minimum atomic E-state index is -0.138. The van der Waals surface area contributed by atoms with Crippen LogP contribution in [0.4, 0.5) is 10.5 Å². The molecule has 2 aromatic carbocycles. The van der Waals surface area contributed by atoms with Crippen molar-refractivity contribution in [1.82, 2.24) is 19.8 Å². The van der Waals surface area contributed by atoms with Crippen molar-refractivity contribution in [3.8, 4) is 0 Å². The van der Waals surface area contributed by atoms with Crippen LogP contribution in [0.1, 0.15) is 24.2 Å². The Morgan fingerprint density at radius 2 is 1.97 bits per heavy atom. The molecule has 1 atom stereocenters. The molecule has 152 valence electrons. The predicted octanol–water partition coefficient (Wildman–Crippen LogP) is 3.92. The first-order valence-corrected chi connectivity index (χ1v) is 10.3. The standard InChI is InChI=1S/C23H29N5O/c1-17-9-11-19(12-10-17)25-23(29)24-14-18-6-5-13-28(15-18)16-22-26-20-7-3-4-8-21(20)27(22)2/h3-4,7-12,18H,5-6,13-16H2,1-2H3,(H2,24,25,29). The van der Waals surface area contributed by atoms with E-state index >= 15 is 0 Å². The van der Waals surface area contributed by atoms with Crippen LogP contribution in [0.25, 0.3) is 11.0 Å². The number of likely N-dealkylation sites (tertiary alicyclic amines) is 1. The van der Waals surface area contributed by atoms with E-state index in [0.29, 0.717) is 12.5 Å². The average molecular weight is 392 g/mol. The third kappa shape index (κ3) is 4.77. The van der Waals surface area contributed by atoms with Crippen molar-refractivity contribution in [3.63, 3.8) is 0 Å². The first-order chi connectivity index (χ1) is 14.1. The number of fused-ring (bicyclic) bond motifs is 1. The molecule has 2 amide bonds. The SMILES string of the molecule is Cc1ccc(NC(=O)NCC2CCCN(Cc3nc4ccccc4n3C)C2)cc1. The molecule has 1 aromatic heterocycles. The van der Waals surface area contributed by atoms with E-state index in [0.717, 1.165) is 49.5 Å². The van der Waals surface area contributed by atoms with E-state index in [4.69, 9.17) is 4.98 Å². The van der Waals surface area contributed by atoms with Crippen molar-refractivity contribution in [1.29, 1.82) is 0 Å². The molecule has 2 heterocycles. The molecule has 0 radical (unpaired) electrons. The van der Waals surface area contributed by atoms with Gasteiger partial charge in [-0.3, -0.25) is 4.90 Å². The maximum Gasteiger partial charge on any atom is 0.319 e. The van der Waals surface area contributed by atoms with Crippen LogP contribution in [0, 0.1) is 12.8 Å². The Bertz CT molecular complexity index is 979. The maximum absolute atomic E-state index is 12.2. The largest absolute Gasteiger partial charge is 0.338 e. The summed E-state index contributed by atoms with van der Waals surface area (Å²) in [6.07, 6.45) is 2.29. The number of rotatable bonds is 5. The topological polar surface area (TPSA) is 62.2 Å². The number of hydrogen-bond donors (Lipinski definition) is 2. The van der Waals surface area contributed by atoms with E-state index in [1.165, 1.54) is 11.1 Å². The smallest absolute Gasteiger partial charge is 0.319 e. The molecule has 0 bridgehead atoms. The Morgan fingerprint density at radius 1 is 1.17 bits per heavy atom. The van der Waals surface area contributed by atoms with Crippen molar-refractivity contribution in [2.75, 3.05) is 25.0 Å². The predicted molar refractivity (Wildman–Crippen MR) is 117 cm³/mol. The number of nitrogens with zero attached hydrogens (tertiary/aromatic N) is 3. The third-order valence-corrected chi connectivity index (χ3v) is 5.71. The van der Waals surface area contributed by atoms with E-state index in [-0.39, 0.29) is 6.03 Å². The number of hydrogen-bond acceptors (Lipinski definition) is 3. The van der Waals surface area contributed by atoms with Gasteiger partial charge >= 0.3 is 6.03 Å². The number of nitrogens with one attached hydrogen (secondary N) is 2. The highest BCUT2D eigenvalue weighted by Crippen LogP contribution is 2.20. The zero-order chi connectivity index (χ0) is 20.2. The van der Waals surface area contributed by atoms with Crippen LogP contribution >= 0.6 is 0 Å². The fraction of sp³-hybridized carbons (Fsp3) is 0.391.